The van der Waals surface area contributed by atoms with Crippen molar-refractivity contribution in [3.05, 3.63) is 0 Å². The zero-order chi connectivity index (χ0) is 11.9. The Bertz CT molecular complexity index is 207. The van der Waals surface area contributed by atoms with Gasteiger partial charge in [-0.3, -0.25) is 4.90 Å². The second-order valence-electron chi connectivity index (χ2n) is 5.23. The van der Waals surface area contributed by atoms with Crippen LogP contribution in [0.4, 0.5) is 0 Å². The molecule has 2 aliphatic heterocycles. The Morgan fingerprint density at radius 2 is 2.00 bits per heavy atom. The summed E-state index contributed by atoms with van der Waals surface area (Å²) in [5, 5.41) is 3.42. The summed E-state index contributed by atoms with van der Waals surface area (Å²) in [6, 6.07) is 0.844. The van der Waals surface area contributed by atoms with Crippen molar-refractivity contribution in [1.82, 2.24) is 15.1 Å². The van der Waals surface area contributed by atoms with E-state index in [4.69, 9.17) is 4.74 Å². The minimum absolute atomic E-state index is 0.816. The van der Waals surface area contributed by atoms with E-state index in [2.05, 4.69) is 15.1 Å². The molecular formula is C13H27N3O. The highest BCUT2D eigenvalue weighted by Crippen LogP contribution is 2.19. The van der Waals surface area contributed by atoms with Crippen LogP contribution in [0.15, 0.2) is 0 Å². The van der Waals surface area contributed by atoms with Crippen LogP contribution in [-0.2, 0) is 4.74 Å². The third kappa shape index (κ3) is 4.21. The number of hydrogen-bond acceptors (Lipinski definition) is 4. The molecule has 1 unspecified atom stereocenters. The Kier molecular flexibility index (Phi) is 5.71. The Balaban J connectivity index is 1.54. The standard InChI is InChI=1S/C13H27N3O/c1-17-11-6-14-5-10-15-9-4-13(12-15)16-7-2-3-8-16/h13-14H,2-12H2,1H3. The lowest BCUT2D eigenvalue weighted by Crippen LogP contribution is -2.37. The number of nitrogens with zero attached hydrogens (tertiary/aromatic N) is 2. The number of methoxy groups -OCH3 is 1. The molecule has 2 fully saturated rings. The SMILES string of the molecule is COCCNCCN1CCC(N2CCCC2)C1. The molecule has 4 heteroatoms. The van der Waals surface area contributed by atoms with E-state index < -0.39 is 0 Å². The Labute approximate surface area is 105 Å². The van der Waals surface area contributed by atoms with Crippen molar-refractivity contribution >= 4 is 0 Å². The van der Waals surface area contributed by atoms with Crippen LogP contribution >= 0.6 is 0 Å². The number of rotatable bonds is 7. The van der Waals surface area contributed by atoms with Gasteiger partial charge in [0.15, 0.2) is 0 Å². The number of ether oxygens (including phenoxy) is 1. The molecule has 0 radical (unpaired) electrons. The van der Waals surface area contributed by atoms with Gasteiger partial charge in [-0.05, 0) is 38.9 Å². The predicted octanol–water partition coefficient (Wildman–Crippen LogP) is 0.393. The summed E-state index contributed by atoms with van der Waals surface area (Å²) < 4.78 is 5.02. The largest absolute Gasteiger partial charge is 0.383 e. The van der Waals surface area contributed by atoms with Gasteiger partial charge < -0.3 is 15.0 Å². The molecule has 0 aromatic heterocycles. The van der Waals surface area contributed by atoms with E-state index in [1.807, 2.05) is 0 Å². The van der Waals surface area contributed by atoms with Crippen molar-refractivity contribution < 1.29 is 4.74 Å². The number of likely N-dealkylation sites (tertiary alicyclic amines) is 2. The summed E-state index contributed by atoms with van der Waals surface area (Å²) in [6.07, 6.45) is 4.20. The number of nitrogens with one attached hydrogen (secondary N) is 1. The van der Waals surface area contributed by atoms with Gasteiger partial charge in [0.05, 0.1) is 6.61 Å². The smallest absolute Gasteiger partial charge is 0.0587 e. The molecule has 2 aliphatic rings. The minimum Gasteiger partial charge on any atom is -0.383 e. The van der Waals surface area contributed by atoms with E-state index in [-0.39, 0.29) is 0 Å². The van der Waals surface area contributed by atoms with Gasteiger partial charge >= 0.3 is 0 Å². The molecule has 1 atom stereocenters. The van der Waals surface area contributed by atoms with Crippen molar-refractivity contribution in [3.8, 4) is 0 Å². The highest BCUT2D eigenvalue weighted by Gasteiger charge is 2.28. The van der Waals surface area contributed by atoms with Gasteiger partial charge in [0.25, 0.3) is 0 Å². The van der Waals surface area contributed by atoms with Crippen LogP contribution in [0.1, 0.15) is 19.3 Å². The third-order valence-electron chi connectivity index (χ3n) is 3.99. The van der Waals surface area contributed by atoms with Crippen LogP contribution in [0.25, 0.3) is 0 Å². The first-order chi connectivity index (χ1) is 8.40. The van der Waals surface area contributed by atoms with E-state index in [1.54, 1.807) is 7.11 Å². The molecule has 0 saturated carbocycles. The first-order valence-electron chi connectivity index (χ1n) is 7.06. The maximum Gasteiger partial charge on any atom is 0.0587 e. The molecule has 2 saturated heterocycles. The second kappa shape index (κ2) is 7.31. The van der Waals surface area contributed by atoms with Crippen LogP contribution in [0.2, 0.25) is 0 Å². The maximum absolute atomic E-state index is 5.02. The Morgan fingerprint density at radius 1 is 1.18 bits per heavy atom. The summed E-state index contributed by atoms with van der Waals surface area (Å²) in [5.74, 6) is 0. The first kappa shape index (κ1) is 13.3. The fourth-order valence-corrected chi connectivity index (χ4v) is 2.96. The van der Waals surface area contributed by atoms with Crippen LogP contribution in [0.5, 0.6) is 0 Å². The number of hydrogen-bond donors (Lipinski definition) is 1. The summed E-state index contributed by atoms with van der Waals surface area (Å²) in [7, 11) is 1.75. The van der Waals surface area contributed by atoms with E-state index in [0.717, 1.165) is 25.7 Å². The zero-order valence-corrected chi connectivity index (χ0v) is 11.2. The molecule has 0 aromatic rings. The molecule has 17 heavy (non-hydrogen) atoms. The molecule has 4 nitrogen and oxygen atoms in total. The maximum atomic E-state index is 5.02. The van der Waals surface area contributed by atoms with E-state index in [1.165, 1.54) is 52.0 Å². The average Bonchev–Trinajstić information content (AvgIpc) is 2.99. The van der Waals surface area contributed by atoms with Crippen molar-refractivity contribution in [2.75, 3.05) is 59.5 Å². The molecule has 0 aromatic carbocycles. The second-order valence-corrected chi connectivity index (χ2v) is 5.23. The molecule has 1 N–H and O–H groups in total. The first-order valence-corrected chi connectivity index (χ1v) is 7.06. The molecule has 2 heterocycles. The van der Waals surface area contributed by atoms with Crippen LogP contribution in [-0.4, -0.2) is 75.4 Å². The molecule has 0 amide bonds. The fraction of sp³-hybridized carbons (Fsp3) is 1.00. The van der Waals surface area contributed by atoms with E-state index in [0.29, 0.717) is 0 Å². The van der Waals surface area contributed by atoms with Gasteiger partial charge in [0.2, 0.25) is 0 Å². The lowest BCUT2D eigenvalue weighted by Gasteiger charge is -2.23. The predicted molar refractivity (Wildman–Crippen MR) is 70.4 cm³/mol. The lowest BCUT2D eigenvalue weighted by molar-refractivity contribution is 0.196. The molecule has 100 valence electrons. The van der Waals surface area contributed by atoms with Crippen molar-refractivity contribution in [1.29, 1.82) is 0 Å². The summed E-state index contributed by atoms with van der Waals surface area (Å²) in [5.41, 5.74) is 0. The van der Waals surface area contributed by atoms with Gasteiger partial charge in [-0.2, -0.15) is 0 Å². The molecule has 0 spiro atoms. The molecule has 2 rings (SSSR count). The molecular weight excluding hydrogens is 214 g/mol. The molecule has 0 aliphatic carbocycles. The van der Waals surface area contributed by atoms with Crippen molar-refractivity contribution in [3.63, 3.8) is 0 Å². The molecule has 0 bridgehead atoms. The normalized spacial score (nSPS) is 27.0. The highest BCUT2D eigenvalue weighted by molar-refractivity contribution is 4.85. The van der Waals surface area contributed by atoms with Crippen molar-refractivity contribution in [2.45, 2.75) is 25.3 Å². The van der Waals surface area contributed by atoms with Gasteiger partial charge in [0, 0.05) is 39.3 Å². The summed E-state index contributed by atoms with van der Waals surface area (Å²) in [6.45, 7) is 9.31. The fourth-order valence-electron chi connectivity index (χ4n) is 2.96. The van der Waals surface area contributed by atoms with Crippen LogP contribution in [0.3, 0.4) is 0 Å². The van der Waals surface area contributed by atoms with E-state index in [9.17, 15) is 0 Å². The highest BCUT2D eigenvalue weighted by atomic mass is 16.5. The minimum atomic E-state index is 0.816. The Hall–Kier alpha value is -0.160. The van der Waals surface area contributed by atoms with Crippen LogP contribution in [0, 0.1) is 0 Å². The van der Waals surface area contributed by atoms with Crippen LogP contribution < -0.4 is 5.32 Å². The van der Waals surface area contributed by atoms with Gasteiger partial charge in [-0.1, -0.05) is 0 Å². The zero-order valence-electron chi connectivity index (χ0n) is 11.2. The quantitative estimate of drug-likeness (QED) is 0.653. The average molecular weight is 241 g/mol. The van der Waals surface area contributed by atoms with Gasteiger partial charge in [-0.25, -0.2) is 0 Å². The van der Waals surface area contributed by atoms with E-state index >= 15 is 0 Å². The summed E-state index contributed by atoms with van der Waals surface area (Å²) >= 11 is 0. The monoisotopic (exact) mass is 241 g/mol. The van der Waals surface area contributed by atoms with Crippen molar-refractivity contribution in [2.24, 2.45) is 0 Å². The third-order valence-corrected chi connectivity index (χ3v) is 3.99. The van der Waals surface area contributed by atoms with Gasteiger partial charge in [0.1, 0.15) is 0 Å². The summed E-state index contributed by atoms with van der Waals surface area (Å²) in [4.78, 5) is 5.29. The Morgan fingerprint density at radius 3 is 2.76 bits per heavy atom. The topological polar surface area (TPSA) is 27.7 Å². The lowest BCUT2D eigenvalue weighted by atomic mass is 10.2. The van der Waals surface area contributed by atoms with Gasteiger partial charge in [-0.15, -0.1) is 0 Å².